The average molecular weight is 478 g/mol. The fraction of sp³-hybridized carbons (Fsp3) is 0.375. The van der Waals surface area contributed by atoms with Crippen molar-refractivity contribution in [1.29, 1.82) is 0 Å². The van der Waals surface area contributed by atoms with Gasteiger partial charge >= 0.3 is 5.97 Å². The van der Waals surface area contributed by atoms with Gasteiger partial charge in [0.1, 0.15) is 19.0 Å². The minimum Gasteiger partial charge on any atom is -0.490 e. The van der Waals surface area contributed by atoms with E-state index < -0.39 is 16.0 Å². The summed E-state index contributed by atoms with van der Waals surface area (Å²) in [6, 6.07) is 11.5. The number of benzene rings is 2. The Morgan fingerprint density at radius 2 is 1.64 bits per heavy atom. The van der Waals surface area contributed by atoms with Gasteiger partial charge in [0.05, 0.1) is 18.1 Å². The van der Waals surface area contributed by atoms with Gasteiger partial charge in [-0.3, -0.25) is 0 Å². The van der Waals surface area contributed by atoms with Gasteiger partial charge in [0, 0.05) is 20.2 Å². The Balaban J connectivity index is 1.83. The number of rotatable bonds is 13. The second-order valence-corrected chi connectivity index (χ2v) is 9.25. The van der Waals surface area contributed by atoms with Crippen LogP contribution in [0.2, 0.25) is 0 Å². The quantitative estimate of drug-likeness (QED) is 0.246. The molecular formula is C24H31NO7S. The Labute approximate surface area is 195 Å². The van der Waals surface area contributed by atoms with Crippen molar-refractivity contribution in [2.45, 2.75) is 25.2 Å². The molecule has 0 saturated carbocycles. The highest BCUT2D eigenvalue weighted by Crippen LogP contribution is 2.29. The third-order valence-corrected chi connectivity index (χ3v) is 6.17. The summed E-state index contributed by atoms with van der Waals surface area (Å²) in [5.74, 6) is 1.27. The first kappa shape index (κ1) is 26.2. The minimum absolute atomic E-state index is 0.0505. The molecule has 0 aliphatic heterocycles. The molecule has 0 saturated heterocycles. The summed E-state index contributed by atoms with van der Waals surface area (Å²) in [6.45, 7) is 5.22. The van der Waals surface area contributed by atoms with Crippen LogP contribution in [0.5, 0.6) is 17.2 Å². The number of nitrogens with zero attached hydrogens (tertiary/aromatic N) is 1. The van der Waals surface area contributed by atoms with Gasteiger partial charge in [0.25, 0.3) is 0 Å². The summed E-state index contributed by atoms with van der Waals surface area (Å²) in [7, 11) is -0.547. The Morgan fingerprint density at radius 3 is 2.27 bits per heavy atom. The Morgan fingerprint density at radius 1 is 0.909 bits per heavy atom. The van der Waals surface area contributed by atoms with E-state index in [2.05, 4.69) is 0 Å². The zero-order valence-corrected chi connectivity index (χ0v) is 20.3. The monoisotopic (exact) mass is 477 g/mol. The summed E-state index contributed by atoms with van der Waals surface area (Å²) >= 11 is 0. The summed E-state index contributed by atoms with van der Waals surface area (Å²) in [5.41, 5.74) is 0.781. The molecule has 0 aliphatic rings. The number of sulfonamides is 1. The fourth-order valence-electron chi connectivity index (χ4n) is 2.66. The van der Waals surface area contributed by atoms with Gasteiger partial charge in [-0.25, -0.2) is 17.5 Å². The van der Waals surface area contributed by atoms with E-state index in [1.54, 1.807) is 18.2 Å². The van der Waals surface area contributed by atoms with Crippen molar-refractivity contribution in [2.24, 2.45) is 0 Å². The second-order valence-electron chi connectivity index (χ2n) is 7.10. The van der Waals surface area contributed by atoms with Crippen molar-refractivity contribution >= 4 is 22.1 Å². The maximum Gasteiger partial charge on any atom is 0.330 e. The lowest BCUT2D eigenvalue weighted by molar-refractivity contribution is -0.138. The first-order chi connectivity index (χ1) is 15.8. The molecule has 0 heterocycles. The number of esters is 1. The van der Waals surface area contributed by atoms with Gasteiger partial charge in [0.15, 0.2) is 11.5 Å². The molecule has 0 spiro atoms. The van der Waals surface area contributed by atoms with Crippen molar-refractivity contribution < 1.29 is 32.2 Å². The first-order valence-corrected chi connectivity index (χ1v) is 12.1. The lowest BCUT2D eigenvalue weighted by Crippen LogP contribution is -2.22. The van der Waals surface area contributed by atoms with Crippen LogP contribution < -0.4 is 14.2 Å². The first-order valence-electron chi connectivity index (χ1n) is 10.7. The molecule has 0 fully saturated rings. The van der Waals surface area contributed by atoms with Crippen molar-refractivity contribution in [2.75, 3.05) is 40.5 Å². The van der Waals surface area contributed by atoms with E-state index in [4.69, 9.17) is 18.9 Å². The minimum atomic E-state index is -3.49. The maximum atomic E-state index is 12.1. The molecule has 0 N–H and O–H groups in total. The topological polar surface area (TPSA) is 91.4 Å². The highest BCUT2D eigenvalue weighted by atomic mass is 32.2. The zero-order chi connectivity index (χ0) is 24.3. The third kappa shape index (κ3) is 8.11. The molecule has 0 atom stereocenters. The highest BCUT2D eigenvalue weighted by Gasteiger charge is 2.16. The van der Waals surface area contributed by atoms with E-state index >= 15 is 0 Å². The molecule has 2 aromatic carbocycles. The number of carbonyl (C=O) groups is 1. The molecule has 0 bridgehead atoms. The molecule has 33 heavy (non-hydrogen) atoms. The summed E-state index contributed by atoms with van der Waals surface area (Å²) in [5, 5.41) is 0. The molecule has 180 valence electrons. The molecule has 0 radical (unpaired) electrons. The summed E-state index contributed by atoms with van der Waals surface area (Å²) < 4.78 is 47.2. The van der Waals surface area contributed by atoms with E-state index in [-0.39, 0.29) is 18.1 Å². The van der Waals surface area contributed by atoms with Crippen molar-refractivity contribution in [1.82, 2.24) is 4.31 Å². The van der Waals surface area contributed by atoms with Crippen molar-refractivity contribution in [3.8, 4) is 17.2 Å². The van der Waals surface area contributed by atoms with Gasteiger partial charge in [-0.1, -0.05) is 13.0 Å². The van der Waals surface area contributed by atoms with Gasteiger partial charge in [-0.15, -0.1) is 0 Å². The highest BCUT2D eigenvalue weighted by molar-refractivity contribution is 7.89. The van der Waals surface area contributed by atoms with Crippen molar-refractivity contribution in [3.05, 3.63) is 54.1 Å². The molecule has 2 rings (SSSR count). The van der Waals surface area contributed by atoms with E-state index in [1.807, 2.05) is 32.0 Å². The molecule has 2 aromatic rings. The average Bonchev–Trinajstić information content (AvgIpc) is 2.80. The van der Waals surface area contributed by atoms with E-state index in [0.717, 1.165) is 16.3 Å². The van der Waals surface area contributed by atoms with E-state index in [0.29, 0.717) is 30.5 Å². The number of hydrogen-bond donors (Lipinski definition) is 0. The van der Waals surface area contributed by atoms with Crippen LogP contribution in [0, 0.1) is 0 Å². The number of hydrogen-bond acceptors (Lipinski definition) is 7. The summed E-state index contributed by atoms with van der Waals surface area (Å²) in [6.07, 6.45) is 3.87. The van der Waals surface area contributed by atoms with Gasteiger partial charge < -0.3 is 18.9 Å². The van der Waals surface area contributed by atoms with Gasteiger partial charge in [-0.2, -0.15) is 0 Å². The second kappa shape index (κ2) is 12.9. The molecule has 0 aliphatic carbocycles. The van der Waals surface area contributed by atoms with Crippen LogP contribution in [-0.2, 0) is 19.6 Å². The molecule has 8 nitrogen and oxygen atoms in total. The van der Waals surface area contributed by atoms with Gasteiger partial charge in [0.2, 0.25) is 10.0 Å². The predicted octanol–water partition coefficient (Wildman–Crippen LogP) is 3.76. The molecule has 9 heteroatoms. The van der Waals surface area contributed by atoms with Crippen LogP contribution in [0.1, 0.15) is 25.8 Å². The zero-order valence-electron chi connectivity index (χ0n) is 19.4. The lowest BCUT2D eigenvalue weighted by Gasteiger charge is -2.12. The van der Waals surface area contributed by atoms with Crippen LogP contribution in [-0.4, -0.2) is 59.2 Å². The molecular weight excluding hydrogens is 446 g/mol. The standard InChI is InChI=1S/C24H31NO7S/c1-5-15-31-22-13-7-19(18-23(22)29-6-2)8-14-24(26)32-17-16-30-20-9-11-21(12-10-20)33(27,28)25(3)4/h7-14,18H,5-6,15-17H2,1-4H3/b14-8+. The van der Waals surface area contributed by atoms with Crippen LogP contribution in [0.15, 0.2) is 53.4 Å². The Hall–Kier alpha value is -3.04. The normalized spacial score (nSPS) is 11.5. The molecule has 0 amide bonds. The predicted molar refractivity (Wildman–Crippen MR) is 126 cm³/mol. The van der Waals surface area contributed by atoms with E-state index in [1.165, 1.54) is 32.3 Å². The number of ether oxygens (including phenoxy) is 4. The van der Waals surface area contributed by atoms with Crippen molar-refractivity contribution in [3.63, 3.8) is 0 Å². The fourth-order valence-corrected chi connectivity index (χ4v) is 3.56. The maximum absolute atomic E-state index is 12.1. The number of carbonyl (C=O) groups excluding carboxylic acids is 1. The van der Waals surface area contributed by atoms with Gasteiger partial charge in [-0.05, 0) is 61.4 Å². The smallest absolute Gasteiger partial charge is 0.330 e. The van der Waals surface area contributed by atoms with Crippen LogP contribution in [0.3, 0.4) is 0 Å². The summed E-state index contributed by atoms with van der Waals surface area (Å²) in [4.78, 5) is 12.1. The Kier molecular flexibility index (Phi) is 10.2. The van der Waals surface area contributed by atoms with Crippen LogP contribution >= 0.6 is 0 Å². The Bertz CT molecular complexity index is 1030. The third-order valence-electron chi connectivity index (χ3n) is 4.34. The van der Waals surface area contributed by atoms with E-state index in [9.17, 15) is 13.2 Å². The molecule has 0 unspecified atom stereocenters. The van der Waals surface area contributed by atoms with Crippen LogP contribution in [0.4, 0.5) is 0 Å². The largest absolute Gasteiger partial charge is 0.490 e. The molecule has 0 aromatic heterocycles. The lowest BCUT2D eigenvalue weighted by atomic mass is 10.2. The van der Waals surface area contributed by atoms with Crippen LogP contribution in [0.25, 0.3) is 6.08 Å². The SMILES string of the molecule is CCCOc1ccc(/C=C/C(=O)OCCOc2ccc(S(=O)(=O)N(C)C)cc2)cc1OCC.